The van der Waals surface area contributed by atoms with E-state index in [4.69, 9.17) is 0 Å². The summed E-state index contributed by atoms with van der Waals surface area (Å²) in [6, 6.07) is 0. The van der Waals surface area contributed by atoms with Gasteiger partial charge in [-0.25, -0.2) is 9.97 Å². The molecule has 0 unspecified atom stereocenters. The molecule has 0 radical (unpaired) electrons. The van der Waals surface area contributed by atoms with Gasteiger partial charge in [0, 0.05) is 17.3 Å². The minimum Gasteiger partial charge on any atom is -0.350 e. The van der Waals surface area contributed by atoms with Gasteiger partial charge in [-0.05, 0) is 19.8 Å². The lowest BCUT2D eigenvalue weighted by Gasteiger charge is -2.09. The molecule has 0 bridgehead atoms. The highest BCUT2D eigenvalue weighted by molar-refractivity contribution is 14.0. The van der Waals surface area contributed by atoms with Crippen LogP contribution in [0.4, 0.5) is 0 Å². The number of thiazole rings is 2. The van der Waals surface area contributed by atoms with Gasteiger partial charge in [-0.15, -0.1) is 46.7 Å². The third-order valence-electron chi connectivity index (χ3n) is 3.27. The van der Waals surface area contributed by atoms with Crippen LogP contribution in [0.3, 0.4) is 0 Å². The quantitative estimate of drug-likeness (QED) is 0.401. The van der Waals surface area contributed by atoms with Crippen molar-refractivity contribution < 1.29 is 0 Å². The van der Waals surface area contributed by atoms with Gasteiger partial charge in [-0.2, -0.15) is 0 Å². The summed E-state index contributed by atoms with van der Waals surface area (Å²) in [6.07, 6.45) is 0. The van der Waals surface area contributed by atoms with Crippen molar-refractivity contribution in [2.24, 2.45) is 4.99 Å². The van der Waals surface area contributed by atoms with Crippen molar-refractivity contribution >= 4 is 52.6 Å². The average Bonchev–Trinajstić information content (AvgIpc) is 3.07. The zero-order valence-electron chi connectivity index (χ0n) is 14.1. The monoisotopic (exact) mass is 465 g/mol. The van der Waals surface area contributed by atoms with Gasteiger partial charge >= 0.3 is 0 Å². The zero-order chi connectivity index (χ0) is 16.1. The number of halogens is 1. The fraction of sp³-hybridized carbons (Fsp3) is 0.533. The molecule has 2 aromatic heterocycles. The Hall–Kier alpha value is -0.740. The van der Waals surface area contributed by atoms with Crippen LogP contribution < -0.4 is 10.6 Å². The summed E-state index contributed by atoms with van der Waals surface area (Å²) in [4.78, 5) is 14.6. The lowest BCUT2D eigenvalue weighted by Crippen LogP contribution is -2.36. The lowest BCUT2D eigenvalue weighted by molar-refractivity contribution is 0.782. The smallest absolute Gasteiger partial charge is 0.191 e. The van der Waals surface area contributed by atoms with Gasteiger partial charge in [0.15, 0.2) is 5.96 Å². The van der Waals surface area contributed by atoms with Crippen LogP contribution in [0, 0.1) is 13.8 Å². The van der Waals surface area contributed by atoms with Gasteiger partial charge in [0.2, 0.25) is 0 Å². The highest BCUT2D eigenvalue weighted by Gasteiger charge is 2.07. The molecule has 0 aliphatic heterocycles. The summed E-state index contributed by atoms with van der Waals surface area (Å²) in [7, 11) is 1.77. The van der Waals surface area contributed by atoms with E-state index in [1.807, 2.05) is 6.92 Å². The summed E-state index contributed by atoms with van der Waals surface area (Å²) < 4.78 is 0. The molecule has 2 N–H and O–H groups in total. The second-order valence-electron chi connectivity index (χ2n) is 5.35. The van der Waals surface area contributed by atoms with Crippen molar-refractivity contribution in [2.75, 3.05) is 7.05 Å². The molecule has 8 heteroatoms. The van der Waals surface area contributed by atoms with Crippen molar-refractivity contribution in [1.82, 2.24) is 20.6 Å². The largest absolute Gasteiger partial charge is 0.350 e. The number of hydrogen-bond acceptors (Lipinski definition) is 5. The van der Waals surface area contributed by atoms with Crippen molar-refractivity contribution in [2.45, 2.75) is 46.7 Å². The average molecular weight is 465 g/mol. The minimum absolute atomic E-state index is 0. The van der Waals surface area contributed by atoms with E-state index >= 15 is 0 Å². The molecule has 5 nitrogen and oxygen atoms in total. The molecule has 2 aromatic rings. The molecule has 2 rings (SSSR count). The molecule has 0 atom stereocenters. The Kier molecular flexibility index (Phi) is 8.41. The van der Waals surface area contributed by atoms with Gasteiger partial charge in [0.05, 0.1) is 24.5 Å². The number of aliphatic imine (C=N–C) groups is 1. The standard InChI is InChI=1S/C15H23N5S2.HI/c1-9(2)12-8-21-13(20-12)6-17-15(16-5)18-7-14-19-10(3)11(4)22-14;/h8-9H,6-7H2,1-5H3,(H2,16,17,18);1H. The third-order valence-corrected chi connectivity index (χ3v) is 5.21. The third kappa shape index (κ3) is 6.00. The van der Waals surface area contributed by atoms with E-state index in [1.54, 1.807) is 29.7 Å². The first-order chi connectivity index (χ1) is 10.5. The van der Waals surface area contributed by atoms with Crippen LogP contribution in [0.5, 0.6) is 0 Å². The van der Waals surface area contributed by atoms with E-state index in [-0.39, 0.29) is 24.0 Å². The predicted molar refractivity (Wildman–Crippen MR) is 110 cm³/mol. The number of hydrogen-bond donors (Lipinski definition) is 2. The van der Waals surface area contributed by atoms with E-state index in [0.717, 1.165) is 27.4 Å². The van der Waals surface area contributed by atoms with Crippen LogP contribution in [0.2, 0.25) is 0 Å². The maximum atomic E-state index is 4.61. The molecule has 0 aliphatic rings. The summed E-state index contributed by atoms with van der Waals surface area (Å²) in [6.45, 7) is 9.83. The zero-order valence-corrected chi connectivity index (χ0v) is 18.1. The van der Waals surface area contributed by atoms with E-state index < -0.39 is 0 Å². The number of nitrogens with one attached hydrogen (secondary N) is 2. The molecule has 0 aromatic carbocycles. The summed E-state index contributed by atoms with van der Waals surface area (Å²) in [5.74, 6) is 1.24. The molecule has 0 aliphatic carbocycles. The van der Waals surface area contributed by atoms with Crippen LogP contribution >= 0.6 is 46.7 Å². The lowest BCUT2D eigenvalue weighted by atomic mass is 10.2. The van der Waals surface area contributed by atoms with Crippen molar-refractivity contribution in [3.05, 3.63) is 31.7 Å². The first-order valence-corrected chi connectivity index (χ1v) is 9.01. The molecule has 128 valence electrons. The van der Waals surface area contributed by atoms with E-state index in [9.17, 15) is 0 Å². The highest BCUT2D eigenvalue weighted by Crippen LogP contribution is 2.17. The Morgan fingerprint density at radius 3 is 2.30 bits per heavy atom. The van der Waals surface area contributed by atoms with Crippen molar-refractivity contribution in [1.29, 1.82) is 0 Å². The molecule has 23 heavy (non-hydrogen) atoms. The van der Waals surface area contributed by atoms with Crippen molar-refractivity contribution in [3.63, 3.8) is 0 Å². The molecule has 0 spiro atoms. The highest BCUT2D eigenvalue weighted by atomic mass is 127. The Labute approximate surface area is 163 Å². The summed E-state index contributed by atoms with van der Waals surface area (Å²) in [5, 5.41) is 10.9. The first-order valence-electron chi connectivity index (χ1n) is 7.31. The molecule has 0 fully saturated rings. The Morgan fingerprint density at radius 2 is 1.83 bits per heavy atom. The van der Waals surface area contributed by atoms with E-state index in [0.29, 0.717) is 19.0 Å². The SMILES string of the molecule is CN=C(NCc1nc(C(C)C)cs1)NCc1nc(C)c(C)s1.I. The number of aryl methyl sites for hydroxylation is 2. The Balaban J connectivity index is 0.00000264. The van der Waals surface area contributed by atoms with Gasteiger partial charge in [0.1, 0.15) is 10.0 Å². The summed E-state index contributed by atoms with van der Waals surface area (Å²) >= 11 is 3.40. The van der Waals surface area contributed by atoms with Crippen LogP contribution in [0.25, 0.3) is 0 Å². The van der Waals surface area contributed by atoms with Crippen LogP contribution in [-0.4, -0.2) is 23.0 Å². The molecular weight excluding hydrogens is 441 g/mol. The topological polar surface area (TPSA) is 62.2 Å². The molecular formula is C15H24IN5S2. The number of aromatic nitrogens is 2. The fourth-order valence-corrected chi connectivity index (χ4v) is 3.59. The van der Waals surface area contributed by atoms with Crippen LogP contribution in [-0.2, 0) is 13.1 Å². The molecule has 0 saturated heterocycles. The van der Waals surface area contributed by atoms with Gasteiger partial charge < -0.3 is 10.6 Å². The number of rotatable bonds is 5. The normalized spacial score (nSPS) is 11.5. The number of nitrogens with zero attached hydrogens (tertiary/aromatic N) is 3. The number of guanidine groups is 1. The van der Waals surface area contributed by atoms with Gasteiger partial charge in [-0.3, -0.25) is 4.99 Å². The van der Waals surface area contributed by atoms with E-state index in [1.165, 1.54) is 4.88 Å². The maximum Gasteiger partial charge on any atom is 0.191 e. The Morgan fingerprint density at radius 1 is 1.17 bits per heavy atom. The van der Waals surface area contributed by atoms with E-state index in [2.05, 4.69) is 51.7 Å². The predicted octanol–water partition coefficient (Wildman–Crippen LogP) is 3.82. The minimum atomic E-state index is 0. The Bertz CT molecular complexity index is 629. The van der Waals surface area contributed by atoms with Crippen LogP contribution in [0.1, 0.15) is 46.0 Å². The van der Waals surface area contributed by atoms with Crippen LogP contribution in [0.15, 0.2) is 10.4 Å². The van der Waals surface area contributed by atoms with Gasteiger partial charge in [-0.1, -0.05) is 13.8 Å². The maximum absolute atomic E-state index is 4.61. The molecule has 2 heterocycles. The first kappa shape index (κ1) is 20.3. The second-order valence-corrected chi connectivity index (χ2v) is 7.58. The molecule has 0 saturated carbocycles. The van der Waals surface area contributed by atoms with Crippen molar-refractivity contribution in [3.8, 4) is 0 Å². The molecule has 0 amide bonds. The fourth-order valence-electron chi connectivity index (χ4n) is 1.83. The van der Waals surface area contributed by atoms with Gasteiger partial charge in [0.25, 0.3) is 0 Å². The summed E-state index contributed by atoms with van der Waals surface area (Å²) in [5.41, 5.74) is 2.26. The second kappa shape index (κ2) is 9.53.